The van der Waals surface area contributed by atoms with Gasteiger partial charge in [0.25, 0.3) is 0 Å². The van der Waals surface area contributed by atoms with Gasteiger partial charge in [0.2, 0.25) is 5.91 Å². The minimum Gasteiger partial charge on any atom is -0.330 e. The molecule has 2 aromatic rings. The van der Waals surface area contributed by atoms with Crippen LogP contribution in [0.25, 0.3) is 11.0 Å². The molecule has 0 aliphatic carbocycles. The van der Waals surface area contributed by atoms with Crippen molar-refractivity contribution in [2.24, 2.45) is 17.6 Å². The number of nitrogens with two attached hydrogens (primary N) is 1. The Morgan fingerprint density at radius 3 is 2.65 bits per heavy atom. The lowest BCUT2D eigenvalue weighted by atomic mass is 9.96. The van der Waals surface area contributed by atoms with Crippen LogP contribution in [0.1, 0.15) is 20.3 Å². The number of anilines is 1. The number of carbonyl (C=O) groups excluding carboxylic acids is 1. The van der Waals surface area contributed by atoms with Gasteiger partial charge in [-0.15, -0.1) is 0 Å². The van der Waals surface area contributed by atoms with Crippen molar-refractivity contribution in [3.63, 3.8) is 0 Å². The molecule has 0 saturated carbocycles. The van der Waals surface area contributed by atoms with E-state index >= 15 is 0 Å². The number of hydrogen-bond acceptors (Lipinski definition) is 3. The van der Waals surface area contributed by atoms with E-state index in [1.807, 2.05) is 0 Å². The predicted octanol–water partition coefficient (Wildman–Crippen LogP) is 1.42. The Balaban J connectivity index is 2.14. The zero-order chi connectivity index (χ0) is 14.7. The first kappa shape index (κ1) is 14.3. The maximum atomic E-state index is 12.1. The van der Waals surface area contributed by atoms with Crippen molar-refractivity contribution < 1.29 is 4.79 Å². The van der Waals surface area contributed by atoms with Crippen LogP contribution in [0.3, 0.4) is 0 Å². The van der Waals surface area contributed by atoms with Crippen molar-refractivity contribution in [3.8, 4) is 0 Å². The third-order valence-corrected chi connectivity index (χ3v) is 3.19. The van der Waals surface area contributed by atoms with Crippen molar-refractivity contribution in [2.75, 3.05) is 11.9 Å². The predicted molar refractivity (Wildman–Crippen MR) is 79.5 cm³/mol. The van der Waals surface area contributed by atoms with Crippen molar-refractivity contribution in [1.29, 1.82) is 0 Å². The Bertz CT molecular complexity index is 656. The monoisotopic (exact) mass is 276 g/mol. The van der Waals surface area contributed by atoms with E-state index in [0.29, 0.717) is 29.2 Å². The fourth-order valence-corrected chi connectivity index (χ4v) is 2.23. The molecule has 2 rings (SSSR count). The van der Waals surface area contributed by atoms with Gasteiger partial charge in [-0.3, -0.25) is 4.79 Å². The Morgan fingerprint density at radius 1 is 1.30 bits per heavy atom. The van der Waals surface area contributed by atoms with Crippen molar-refractivity contribution >= 4 is 22.6 Å². The van der Waals surface area contributed by atoms with Gasteiger partial charge in [-0.25, -0.2) is 4.79 Å². The Kier molecular flexibility index (Phi) is 4.24. The molecule has 1 heterocycles. The molecule has 1 aromatic heterocycles. The number of benzene rings is 1. The summed E-state index contributed by atoms with van der Waals surface area (Å²) in [4.78, 5) is 28.6. The van der Waals surface area contributed by atoms with Gasteiger partial charge in [-0.1, -0.05) is 13.8 Å². The van der Waals surface area contributed by atoms with Crippen LogP contribution >= 0.6 is 0 Å². The molecular weight excluding hydrogens is 256 g/mol. The van der Waals surface area contributed by atoms with E-state index in [1.165, 1.54) is 0 Å². The van der Waals surface area contributed by atoms with Crippen LogP contribution in [-0.2, 0) is 4.79 Å². The van der Waals surface area contributed by atoms with Crippen LogP contribution in [0, 0.1) is 11.8 Å². The normalized spacial score (nSPS) is 12.8. The second kappa shape index (κ2) is 5.92. The van der Waals surface area contributed by atoms with Gasteiger partial charge < -0.3 is 21.0 Å². The smallest absolute Gasteiger partial charge is 0.323 e. The fraction of sp³-hybridized carbons (Fsp3) is 0.429. The summed E-state index contributed by atoms with van der Waals surface area (Å²) in [6.07, 6.45) is 0.756. The van der Waals surface area contributed by atoms with Crippen LogP contribution in [0.2, 0.25) is 0 Å². The summed E-state index contributed by atoms with van der Waals surface area (Å²) in [5.41, 5.74) is 7.43. The fourth-order valence-electron chi connectivity index (χ4n) is 2.23. The van der Waals surface area contributed by atoms with Crippen LogP contribution in [0.5, 0.6) is 0 Å². The number of aromatic amines is 2. The quantitative estimate of drug-likeness (QED) is 0.663. The average molecular weight is 276 g/mol. The number of aromatic nitrogens is 2. The van der Waals surface area contributed by atoms with Gasteiger partial charge in [0.05, 0.1) is 17.0 Å². The lowest BCUT2D eigenvalue weighted by molar-refractivity contribution is -0.120. The molecule has 6 heteroatoms. The highest BCUT2D eigenvalue weighted by Gasteiger charge is 2.18. The SMILES string of the molecule is CC(C)CC(CN)C(=O)Nc1ccc2[nH]c(=O)[nH]c2c1. The van der Waals surface area contributed by atoms with Gasteiger partial charge >= 0.3 is 5.69 Å². The second-order valence-electron chi connectivity index (χ2n) is 5.39. The van der Waals surface area contributed by atoms with E-state index in [2.05, 4.69) is 29.1 Å². The first-order valence-corrected chi connectivity index (χ1v) is 6.72. The molecule has 6 nitrogen and oxygen atoms in total. The molecule has 1 unspecified atom stereocenters. The van der Waals surface area contributed by atoms with E-state index in [4.69, 9.17) is 5.73 Å². The van der Waals surface area contributed by atoms with Gasteiger partial charge in [-0.05, 0) is 30.5 Å². The first-order chi connectivity index (χ1) is 9.49. The molecular formula is C14H20N4O2. The highest BCUT2D eigenvalue weighted by atomic mass is 16.2. The van der Waals surface area contributed by atoms with Crippen LogP contribution in [0.4, 0.5) is 5.69 Å². The van der Waals surface area contributed by atoms with E-state index in [1.54, 1.807) is 18.2 Å². The number of hydrogen-bond donors (Lipinski definition) is 4. The summed E-state index contributed by atoms with van der Waals surface area (Å²) in [6.45, 7) is 4.45. The maximum Gasteiger partial charge on any atom is 0.323 e. The largest absolute Gasteiger partial charge is 0.330 e. The third-order valence-electron chi connectivity index (χ3n) is 3.19. The molecule has 20 heavy (non-hydrogen) atoms. The molecule has 0 aliphatic rings. The number of nitrogens with one attached hydrogen (secondary N) is 3. The Morgan fingerprint density at radius 2 is 2.00 bits per heavy atom. The Hall–Kier alpha value is -2.08. The van der Waals surface area contributed by atoms with Crippen LogP contribution in [-0.4, -0.2) is 22.4 Å². The van der Waals surface area contributed by atoms with E-state index in [0.717, 1.165) is 6.42 Å². The molecule has 0 bridgehead atoms. The Labute approximate surface area is 116 Å². The van der Waals surface area contributed by atoms with Gasteiger partial charge in [0, 0.05) is 12.2 Å². The third kappa shape index (κ3) is 3.27. The summed E-state index contributed by atoms with van der Waals surface area (Å²) in [5, 5.41) is 2.84. The number of H-pyrrole nitrogens is 2. The minimum atomic E-state index is -0.261. The van der Waals surface area contributed by atoms with Crippen molar-refractivity contribution in [3.05, 3.63) is 28.7 Å². The first-order valence-electron chi connectivity index (χ1n) is 6.72. The molecule has 1 aromatic carbocycles. The second-order valence-corrected chi connectivity index (χ2v) is 5.39. The number of imidazole rings is 1. The summed E-state index contributed by atoms with van der Waals surface area (Å²) in [7, 11) is 0. The number of carbonyl (C=O) groups is 1. The van der Waals surface area contributed by atoms with Gasteiger partial charge in [-0.2, -0.15) is 0 Å². The summed E-state index contributed by atoms with van der Waals surface area (Å²) in [5.74, 6) is 0.132. The summed E-state index contributed by atoms with van der Waals surface area (Å²) >= 11 is 0. The van der Waals surface area contributed by atoms with E-state index < -0.39 is 0 Å². The molecule has 1 amide bonds. The van der Waals surface area contributed by atoms with Crippen molar-refractivity contribution in [2.45, 2.75) is 20.3 Å². The molecule has 0 spiro atoms. The number of amides is 1. The highest BCUT2D eigenvalue weighted by Crippen LogP contribution is 2.17. The minimum absolute atomic E-state index is 0.0848. The van der Waals surface area contributed by atoms with E-state index in [-0.39, 0.29) is 17.5 Å². The zero-order valence-electron chi connectivity index (χ0n) is 11.7. The zero-order valence-corrected chi connectivity index (χ0v) is 11.7. The number of fused-ring (bicyclic) bond motifs is 1. The van der Waals surface area contributed by atoms with Crippen molar-refractivity contribution in [1.82, 2.24) is 9.97 Å². The van der Waals surface area contributed by atoms with Gasteiger partial charge in [0.15, 0.2) is 0 Å². The van der Waals surface area contributed by atoms with Gasteiger partial charge in [0.1, 0.15) is 0 Å². The highest BCUT2D eigenvalue weighted by molar-refractivity contribution is 5.94. The van der Waals surface area contributed by atoms with E-state index in [9.17, 15) is 9.59 Å². The summed E-state index contributed by atoms with van der Waals surface area (Å²) in [6, 6.07) is 5.24. The lowest BCUT2D eigenvalue weighted by Crippen LogP contribution is -2.30. The molecule has 0 fully saturated rings. The molecule has 0 saturated heterocycles. The number of rotatable bonds is 5. The molecule has 1 atom stereocenters. The maximum absolute atomic E-state index is 12.1. The topological polar surface area (TPSA) is 104 Å². The molecule has 108 valence electrons. The van der Waals surface area contributed by atoms with Crippen LogP contribution < -0.4 is 16.7 Å². The molecule has 0 aliphatic heterocycles. The average Bonchev–Trinajstić information content (AvgIpc) is 2.74. The standard InChI is InChI=1S/C14H20N4O2/c1-8(2)5-9(7-15)13(19)16-10-3-4-11-12(6-10)18-14(20)17-11/h3-4,6,8-9H,5,7,15H2,1-2H3,(H,16,19)(H2,17,18,20). The molecule has 5 N–H and O–H groups in total. The summed E-state index contributed by atoms with van der Waals surface area (Å²) < 4.78 is 0. The lowest BCUT2D eigenvalue weighted by Gasteiger charge is -2.16. The molecule has 0 radical (unpaired) electrons. The van der Waals surface area contributed by atoms with Crippen LogP contribution in [0.15, 0.2) is 23.0 Å².